The molecule has 198 valence electrons. The predicted molar refractivity (Wildman–Crippen MR) is 146 cm³/mol. The second kappa shape index (κ2) is 9.48. The van der Waals surface area contributed by atoms with Crippen LogP contribution in [0.3, 0.4) is 0 Å². The van der Waals surface area contributed by atoms with Crippen LogP contribution < -0.4 is 11.0 Å². The van der Waals surface area contributed by atoms with Gasteiger partial charge in [-0.15, -0.1) is 11.3 Å². The highest BCUT2D eigenvalue weighted by molar-refractivity contribution is 7.14. The van der Waals surface area contributed by atoms with Gasteiger partial charge < -0.3 is 9.64 Å². The standard InChI is InChI=1S/C25H34N6O4SSi/c1-6-16-11-17-20(36-16)22(33)30(14-25(17)7-8-25)13-19(32)27-23-26-12-18-21(28-23)29(2)24(34)31(18)15-35-9-10-37(3,4)5/h11-12H,6-10,13-15H2,1-5H3,(H,26,27,28,32). The summed E-state index contributed by atoms with van der Waals surface area (Å²) in [5, 5.41) is 2.71. The molecule has 2 aliphatic rings. The van der Waals surface area contributed by atoms with Gasteiger partial charge in [0.15, 0.2) is 5.65 Å². The van der Waals surface area contributed by atoms with Crippen molar-refractivity contribution in [3.05, 3.63) is 38.1 Å². The van der Waals surface area contributed by atoms with Crippen molar-refractivity contribution < 1.29 is 14.3 Å². The number of carbonyl (C=O) groups excluding carboxylic acids is 2. The molecule has 3 aromatic rings. The second-order valence-corrected chi connectivity index (χ2v) is 18.1. The quantitative estimate of drug-likeness (QED) is 0.328. The van der Waals surface area contributed by atoms with Crippen LogP contribution in [0.5, 0.6) is 0 Å². The molecule has 10 nitrogen and oxygen atoms in total. The average molecular weight is 543 g/mol. The van der Waals surface area contributed by atoms with Crippen LogP contribution in [-0.4, -0.2) is 63.6 Å². The van der Waals surface area contributed by atoms with Gasteiger partial charge in [0.1, 0.15) is 18.8 Å². The first-order valence-corrected chi connectivity index (χ1v) is 17.3. The van der Waals surface area contributed by atoms with Gasteiger partial charge in [-0.3, -0.25) is 24.0 Å². The van der Waals surface area contributed by atoms with Crippen molar-refractivity contribution in [1.29, 1.82) is 0 Å². The minimum absolute atomic E-state index is 0.00118. The van der Waals surface area contributed by atoms with E-state index in [0.717, 1.165) is 30.2 Å². The number of nitrogens with one attached hydrogen (secondary N) is 1. The number of hydrogen-bond acceptors (Lipinski definition) is 7. The van der Waals surface area contributed by atoms with E-state index in [4.69, 9.17) is 4.74 Å². The number of amides is 2. The summed E-state index contributed by atoms with van der Waals surface area (Å²) >= 11 is 1.54. The third-order valence-electron chi connectivity index (χ3n) is 7.21. The van der Waals surface area contributed by atoms with Crippen LogP contribution in [0, 0.1) is 0 Å². The van der Waals surface area contributed by atoms with Crippen LogP contribution in [0.15, 0.2) is 17.1 Å². The van der Waals surface area contributed by atoms with Crippen molar-refractivity contribution in [3.63, 3.8) is 0 Å². The van der Waals surface area contributed by atoms with Crippen LogP contribution in [-0.2, 0) is 35.1 Å². The Bertz CT molecular complexity index is 1430. The van der Waals surface area contributed by atoms with Gasteiger partial charge in [0.2, 0.25) is 11.9 Å². The summed E-state index contributed by atoms with van der Waals surface area (Å²) in [4.78, 5) is 51.1. The van der Waals surface area contributed by atoms with E-state index in [1.165, 1.54) is 25.8 Å². The van der Waals surface area contributed by atoms with Crippen LogP contribution in [0.4, 0.5) is 5.95 Å². The molecule has 1 aliphatic heterocycles. The Morgan fingerprint density at radius 2 is 2.03 bits per heavy atom. The maximum absolute atomic E-state index is 13.1. The predicted octanol–water partition coefficient (Wildman–Crippen LogP) is 3.19. The molecule has 3 aromatic heterocycles. The van der Waals surface area contributed by atoms with Gasteiger partial charge in [0.25, 0.3) is 5.91 Å². The van der Waals surface area contributed by atoms with E-state index in [1.807, 2.05) is 0 Å². The number of aromatic nitrogens is 4. The van der Waals surface area contributed by atoms with Crippen LogP contribution >= 0.6 is 11.3 Å². The van der Waals surface area contributed by atoms with Crippen LogP contribution in [0.1, 0.15) is 39.9 Å². The van der Waals surface area contributed by atoms with Crippen LogP contribution in [0.2, 0.25) is 25.7 Å². The smallest absolute Gasteiger partial charge is 0.332 e. The highest BCUT2D eigenvalue weighted by Crippen LogP contribution is 2.54. The monoisotopic (exact) mass is 542 g/mol. The number of imidazole rings is 1. The first kappa shape index (κ1) is 25.8. The molecule has 1 saturated carbocycles. The first-order valence-electron chi connectivity index (χ1n) is 12.7. The number of nitrogens with zero attached hydrogens (tertiary/aromatic N) is 5. The minimum Gasteiger partial charge on any atom is -0.361 e. The van der Waals surface area contributed by atoms with Gasteiger partial charge in [0, 0.05) is 38.6 Å². The molecule has 1 fully saturated rings. The molecule has 1 spiro atoms. The lowest BCUT2D eigenvalue weighted by Crippen LogP contribution is -2.46. The van der Waals surface area contributed by atoms with Crippen molar-refractivity contribution in [2.75, 3.05) is 25.0 Å². The highest BCUT2D eigenvalue weighted by atomic mass is 32.1. The van der Waals surface area contributed by atoms with Crippen molar-refractivity contribution in [3.8, 4) is 0 Å². The number of hydrogen-bond donors (Lipinski definition) is 1. The van der Waals surface area contributed by atoms with Gasteiger partial charge >= 0.3 is 5.69 Å². The third-order valence-corrected chi connectivity index (χ3v) is 10.2. The highest BCUT2D eigenvalue weighted by Gasteiger charge is 2.52. The Kier molecular flexibility index (Phi) is 6.61. The SMILES string of the molecule is CCc1cc2c(s1)C(=O)N(CC(=O)Nc1ncc3c(n1)n(C)c(=O)n3COCC[Si](C)(C)C)CC21CC1. The van der Waals surface area contributed by atoms with Gasteiger partial charge in [0.05, 0.1) is 11.1 Å². The summed E-state index contributed by atoms with van der Waals surface area (Å²) in [5.74, 6) is -0.351. The maximum atomic E-state index is 13.1. The van der Waals surface area contributed by atoms with Crippen molar-refractivity contribution in [1.82, 2.24) is 24.0 Å². The molecule has 0 atom stereocenters. The molecular formula is C25H34N6O4SSi. The molecule has 0 saturated heterocycles. The zero-order valence-corrected chi connectivity index (χ0v) is 23.9. The van der Waals surface area contributed by atoms with E-state index < -0.39 is 8.07 Å². The van der Waals surface area contributed by atoms with E-state index >= 15 is 0 Å². The van der Waals surface area contributed by atoms with Crippen molar-refractivity contribution in [2.24, 2.45) is 7.05 Å². The van der Waals surface area contributed by atoms with Crippen molar-refractivity contribution >= 4 is 48.3 Å². The molecule has 0 radical (unpaired) electrons. The maximum Gasteiger partial charge on any atom is 0.332 e. The topological polar surface area (TPSA) is 111 Å². The van der Waals surface area contributed by atoms with Crippen LogP contribution in [0.25, 0.3) is 11.2 Å². The summed E-state index contributed by atoms with van der Waals surface area (Å²) in [6.45, 7) is 10.1. The first-order chi connectivity index (χ1) is 17.5. The van der Waals surface area contributed by atoms with Gasteiger partial charge in [-0.25, -0.2) is 9.78 Å². The summed E-state index contributed by atoms with van der Waals surface area (Å²) in [6, 6.07) is 3.19. The number of anilines is 1. The Labute approximate surface area is 220 Å². The molecule has 1 aliphatic carbocycles. The summed E-state index contributed by atoms with van der Waals surface area (Å²) in [7, 11) is 0.401. The van der Waals surface area contributed by atoms with E-state index in [9.17, 15) is 14.4 Å². The Morgan fingerprint density at radius 1 is 1.27 bits per heavy atom. The minimum atomic E-state index is -1.23. The Hall–Kier alpha value is -2.83. The average Bonchev–Trinajstić information content (AvgIpc) is 3.39. The fourth-order valence-electron chi connectivity index (χ4n) is 4.78. The van der Waals surface area contributed by atoms with Crippen molar-refractivity contribution in [2.45, 2.75) is 64.0 Å². The number of rotatable bonds is 9. The molecule has 0 aromatic carbocycles. The number of ether oxygens (including phenoxy) is 1. The molecule has 12 heteroatoms. The lowest BCUT2D eigenvalue weighted by Gasteiger charge is -2.32. The third kappa shape index (κ3) is 5.01. The lowest BCUT2D eigenvalue weighted by molar-refractivity contribution is -0.117. The molecule has 2 amide bonds. The molecule has 0 unspecified atom stereocenters. The molecule has 5 rings (SSSR count). The number of aryl methyl sites for hydroxylation is 2. The zero-order valence-electron chi connectivity index (χ0n) is 22.1. The number of fused-ring (bicyclic) bond motifs is 3. The fourth-order valence-corrected chi connectivity index (χ4v) is 6.72. The summed E-state index contributed by atoms with van der Waals surface area (Å²) < 4.78 is 8.68. The van der Waals surface area contributed by atoms with E-state index in [1.54, 1.807) is 23.3 Å². The number of carbonyl (C=O) groups is 2. The Balaban J connectivity index is 1.27. The van der Waals surface area contributed by atoms with Gasteiger partial charge in [-0.1, -0.05) is 26.6 Å². The van der Waals surface area contributed by atoms with E-state index in [0.29, 0.717) is 24.3 Å². The van der Waals surface area contributed by atoms with E-state index in [-0.39, 0.29) is 42.1 Å². The summed E-state index contributed by atoms with van der Waals surface area (Å²) in [5.41, 5.74) is 1.86. The largest absolute Gasteiger partial charge is 0.361 e. The normalized spacial score (nSPS) is 16.5. The van der Waals surface area contributed by atoms with E-state index in [2.05, 4.69) is 47.9 Å². The Morgan fingerprint density at radius 3 is 2.70 bits per heavy atom. The zero-order chi connectivity index (χ0) is 26.5. The summed E-state index contributed by atoms with van der Waals surface area (Å²) in [6.07, 6.45) is 4.50. The second-order valence-electron chi connectivity index (χ2n) is 11.3. The molecule has 1 N–H and O–H groups in total. The molecule has 4 heterocycles. The fraction of sp³-hybridized carbons (Fsp3) is 0.560. The molecular weight excluding hydrogens is 508 g/mol. The number of thiophene rings is 1. The van der Waals surface area contributed by atoms with Gasteiger partial charge in [-0.2, -0.15) is 4.98 Å². The molecule has 0 bridgehead atoms. The lowest BCUT2D eigenvalue weighted by atomic mass is 9.91. The van der Waals surface area contributed by atoms with Gasteiger partial charge in [-0.05, 0) is 36.9 Å². The molecule has 37 heavy (non-hydrogen) atoms.